The van der Waals surface area contributed by atoms with E-state index in [1.165, 1.54) is 11.9 Å². The van der Waals surface area contributed by atoms with Gasteiger partial charge < -0.3 is 9.84 Å². The minimum atomic E-state index is 0.648. The molecule has 0 radical (unpaired) electrons. The topological polar surface area (TPSA) is 51.0 Å². The van der Waals surface area contributed by atoms with Crippen LogP contribution in [0, 0.1) is 0 Å². The summed E-state index contributed by atoms with van der Waals surface area (Å²) in [6.45, 7) is 1.58. The van der Waals surface area contributed by atoms with Gasteiger partial charge in [0.1, 0.15) is 0 Å². The van der Waals surface area contributed by atoms with Crippen LogP contribution in [0.25, 0.3) is 0 Å². The normalized spacial score (nSPS) is 10.7. The zero-order valence-corrected chi connectivity index (χ0v) is 11.3. The summed E-state index contributed by atoms with van der Waals surface area (Å²) in [5.41, 5.74) is 1.17. The minimum absolute atomic E-state index is 0.648. The third-order valence-corrected chi connectivity index (χ3v) is 3.45. The molecule has 0 bridgehead atoms. The van der Waals surface area contributed by atoms with Crippen molar-refractivity contribution in [3.63, 3.8) is 0 Å². The van der Waals surface area contributed by atoms with Crippen molar-refractivity contribution in [1.29, 1.82) is 0 Å². The molecule has 90 valence electrons. The van der Waals surface area contributed by atoms with Crippen LogP contribution in [0.2, 0.25) is 5.02 Å². The van der Waals surface area contributed by atoms with Crippen LogP contribution in [0.3, 0.4) is 0 Å². The summed E-state index contributed by atoms with van der Waals surface area (Å²) in [5, 5.41) is 7.56. The maximum Gasteiger partial charge on any atom is 0.227 e. The van der Waals surface area contributed by atoms with E-state index in [1.807, 2.05) is 18.2 Å². The van der Waals surface area contributed by atoms with Gasteiger partial charge in [0.15, 0.2) is 6.33 Å². The van der Waals surface area contributed by atoms with Crippen molar-refractivity contribution < 1.29 is 4.52 Å². The Morgan fingerprint density at radius 2 is 2.29 bits per heavy atom. The van der Waals surface area contributed by atoms with E-state index in [0.29, 0.717) is 5.89 Å². The van der Waals surface area contributed by atoms with Crippen molar-refractivity contribution >= 4 is 27.5 Å². The maximum absolute atomic E-state index is 5.91. The Morgan fingerprint density at radius 1 is 1.41 bits per heavy atom. The van der Waals surface area contributed by atoms with Gasteiger partial charge in [-0.25, -0.2) is 0 Å². The molecular weight excluding hydrogens is 305 g/mol. The molecule has 1 aromatic carbocycles. The largest absolute Gasteiger partial charge is 0.340 e. The van der Waals surface area contributed by atoms with Crippen molar-refractivity contribution in [2.45, 2.75) is 13.0 Å². The van der Waals surface area contributed by atoms with Gasteiger partial charge in [-0.15, -0.1) is 0 Å². The Balaban J connectivity index is 1.76. The molecule has 2 aromatic rings. The van der Waals surface area contributed by atoms with E-state index in [-0.39, 0.29) is 0 Å². The quantitative estimate of drug-likeness (QED) is 0.862. The summed E-state index contributed by atoms with van der Waals surface area (Å²) in [5.74, 6) is 0.648. The number of aromatic nitrogens is 2. The average molecular weight is 317 g/mol. The number of hydrogen-bond acceptors (Lipinski definition) is 4. The Bertz CT molecular complexity index is 476. The SMILES string of the molecule is Clc1ccc(CNCCc2ncno2)cc1Br. The van der Waals surface area contributed by atoms with E-state index in [9.17, 15) is 0 Å². The van der Waals surface area contributed by atoms with Crippen LogP contribution < -0.4 is 5.32 Å². The predicted molar refractivity (Wildman–Crippen MR) is 68.9 cm³/mol. The summed E-state index contributed by atoms with van der Waals surface area (Å²) >= 11 is 9.31. The number of halogens is 2. The van der Waals surface area contributed by atoms with Crippen molar-refractivity contribution in [2.75, 3.05) is 6.54 Å². The molecule has 1 N–H and O–H groups in total. The van der Waals surface area contributed by atoms with Gasteiger partial charge in [-0.2, -0.15) is 4.98 Å². The lowest BCUT2D eigenvalue weighted by Crippen LogP contribution is -2.16. The van der Waals surface area contributed by atoms with Crippen molar-refractivity contribution in [1.82, 2.24) is 15.5 Å². The first-order chi connectivity index (χ1) is 8.25. The van der Waals surface area contributed by atoms with Crippen LogP contribution in [0.5, 0.6) is 0 Å². The second-order valence-corrected chi connectivity index (χ2v) is 4.77. The molecule has 0 aliphatic carbocycles. The van der Waals surface area contributed by atoms with Gasteiger partial charge >= 0.3 is 0 Å². The molecule has 17 heavy (non-hydrogen) atoms. The molecule has 0 aliphatic rings. The Kier molecular flexibility index (Phi) is 4.53. The molecule has 0 atom stereocenters. The highest BCUT2D eigenvalue weighted by Crippen LogP contribution is 2.22. The van der Waals surface area contributed by atoms with E-state index in [0.717, 1.165) is 29.0 Å². The Hall–Kier alpha value is -0.910. The minimum Gasteiger partial charge on any atom is -0.340 e. The van der Waals surface area contributed by atoms with E-state index >= 15 is 0 Å². The van der Waals surface area contributed by atoms with E-state index in [2.05, 4.69) is 31.4 Å². The second kappa shape index (κ2) is 6.14. The van der Waals surface area contributed by atoms with Crippen LogP contribution in [-0.2, 0) is 13.0 Å². The zero-order chi connectivity index (χ0) is 12.1. The highest BCUT2D eigenvalue weighted by atomic mass is 79.9. The van der Waals surface area contributed by atoms with Gasteiger partial charge in [0.25, 0.3) is 0 Å². The Morgan fingerprint density at radius 3 is 3.00 bits per heavy atom. The third kappa shape index (κ3) is 3.80. The fourth-order valence-corrected chi connectivity index (χ4v) is 1.93. The fourth-order valence-electron chi connectivity index (χ4n) is 1.38. The molecule has 0 saturated carbocycles. The summed E-state index contributed by atoms with van der Waals surface area (Å²) in [7, 11) is 0. The molecular formula is C11H11BrClN3O. The molecule has 0 fully saturated rings. The van der Waals surface area contributed by atoms with Gasteiger partial charge in [0, 0.05) is 24.0 Å². The van der Waals surface area contributed by atoms with Gasteiger partial charge in [-0.3, -0.25) is 0 Å². The summed E-state index contributed by atoms with van der Waals surface area (Å²) in [6, 6.07) is 5.87. The lowest BCUT2D eigenvalue weighted by Gasteiger charge is -2.04. The Labute approximate surface area is 112 Å². The van der Waals surface area contributed by atoms with Crippen LogP contribution >= 0.6 is 27.5 Å². The van der Waals surface area contributed by atoms with Gasteiger partial charge in [-0.1, -0.05) is 22.8 Å². The molecule has 1 aromatic heterocycles. The van der Waals surface area contributed by atoms with E-state index in [1.54, 1.807) is 0 Å². The van der Waals surface area contributed by atoms with Gasteiger partial charge in [0.2, 0.25) is 5.89 Å². The standard InChI is InChI=1S/C11H11BrClN3O/c12-9-5-8(1-2-10(9)13)6-14-4-3-11-15-7-16-17-11/h1-2,5,7,14H,3-4,6H2. The molecule has 0 aliphatic heterocycles. The molecule has 0 spiro atoms. The highest BCUT2D eigenvalue weighted by molar-refractivity contribution is 9.10. The second-order valence-electron chi connectivity index (χ2n) is 3.51. The molecule has 0 unspecified atom stereocenters. The first-order valence-electron chi connectivity index (χ1n) is 5.16. The summed E-state index contributed by atoms with van der Waals surface area (Å²) in [4.78, 5) is 3.94. The number of hydrogen-bond donors (Lipinski definition) is 1. The lowest BCUT2D eigenvalue weighted by atomic mass is 10.2. The van der Waals surface area contributed by atoms with E-state index < -0.39 is 0 Å². The number of rotatable bonds is 5. The van der Waals surface area contributed by atoms with E-state index in [4.69, 9.17) is 16.1 Å². The first kappa shape index (κ1) is 12.5. The number of nitrogens with zero attached hydrogens (tertiary/aromatic N) is 2. The first-order valence-corrected chi connectivity index (χ1v) is 6.33. The third-order valence-electron chi connectivity index (χ3n) is 2.24. The maximum atomic E-state index is 5.91. The summed E-state index contributed by atoms with van der Waals surface area (Å²) < 4.78 is 5.81. The molecule has 6 heteroatoms. The smallest absolute Gasteiger partial charge is 0.227 e. The number of benzene rings is 1. The molecule has 1 heterocycles. The molecule has 2 rings (SSSR count). The zero-order valence-electron chi connectivity index (χ0n) is 8.99. The van der Waals surface area contributed by atoms with Crippen molar-refractivity contribution in [3.8, 4) is 0 Å². The average Bonchev–Trinajstić information content (AvgIpc) is 2.82. The van der Waals surface area contributed by atoms with Crippen LogP contribution in [0.4, 0.5) is 0 Å². The van der Waals surface area contributed by atoms with Crippen LogP contribution in [0.15, 0.2) is 33.5 Å². The van der Waals surface area contributed by atoms with Gasteiger partial charge in [0.05, 0.1) is 5.02 Å². The summed E-state index contributed by atoms with van der Waals surface area (Å²) in [6.07, 6.45) is 2.14. The van der Waals surface area contributed by atoms with Crippen LogP contribution in [0.1, 0.15) is 11.5 Å². The molecule has 0 amide bonds. The number of nitrogens with one attached hydrogen (secondary N) is 1. The highest BCUT2D eigenvalue weighted by Gasteiger charge is 2.00. The van der Waals surface area contributed by atoms with Gasteiger partial charge in [-0.05, 0) is 33.6 Å². The predicted octanol–water partition coefficient (Wildman–Crippen LogP) is 2.82. The fraction of sp³-hybridized carbons (Fsp3) is 0.273. The lowest BCUT2D eigenvalue weighted by molar-refractivity contribution is 0.375. The van der Waals surface area contributed by atoms with Crippen molar-refractivity contribution in [2.24, 2.45) is 0 Å². The molecule has 4 nitrogen and oxygen atoms in total. The van der Waals surface area contributed by atoms with Crippen LogP contribution in [-0.4, -0.2) is 16.7 Å². The molecule has 0 saturated heterocycles. The monoisotopic (exact) mass is 315 g/mol. The van der Waals surface area contributed by atoms with Crippen molar-refractivity contribution in [3.05, 3.63) is 45.5 Å².